The van der Waals surface area contributed by atoms with Gasteiger partial charge in [-0.05, 0) is 13.0 Å². The first-order chi connectivity index (χ1) is 11.2. The average molecular weight is 374 g/mol. The smallest absolute Gasteiger partial charge is 0.384 e. The van der Waals surface area contributed by atoms with E-state index in [4.69, 9.17) is 5.73 Å². The van der Waals surface area contributed by atoms with Crippen LogP contribution in [0.2, 0.25) is 0 Å². The maximum Gasteiger partial charge on any atom is 0.433 e. The van der Waals surface area contributed by atoms with Crippen LogP contribution in [0.25, 0.3) is 10.1 Å². The zero-order chi connectivity index (χ0) is 17.5. The number of hydrogen-bond acceptors (Lipinski definition) is 6. The molecule has 3 heterocycles. The summed E-state index contributed by atoms with van der Waals surface area (Å²) in [6.07, 6.45) is -3.07. The van der Waals surface area contributed by atoms with Gasteiger partial charge in [0.05, 0.1) is 15.6 Å². The van der Waals surface area contributed by atoms with Crippen molar-refractivity contribution < 1.29 is 17.6 Å². The first-order valence-corrected chi connectivity index (χ1v) is 8.41. The quantitative estimate of drug-likeness (QED) is 0.410. The summed E-state index contributed by atoms with van der Waals surface area (Å²) < 4.78 is 52.7. The van der Waals surface area contributed by atoms with Crippen LogP contribution in [0.3, 0.4) is 0 Å². The van der Waals surface area contributed by atoms with E-state index in [-0.39, 0.29) is 22.0 Å². The van der Waals surface area contributed by atoms with Crippen LogP contribution in [-0.2, 0) is 6.18 Å². The highest BCUT2D eigenvalue weighted by atomic mass is 32.2. The van der Waals surface area contributed by atoms with Gasteiger partial charge in [-0.25, -0.2) is 14.4 Å². The second kappa shape index (κ2) is 6.17. The van der Waals surface area contributed by atoms with Crippen LogP contribution in [0.15, 0.2) is 28.9 Å². The molecule has 0 aliphatic rings. The van der Waals surface area contributed by atoms with Crippen molar-refractivity contribution >= 4 is 39.0 Å². The van der Waals surface area contributed by atoms with Crippen molar-refractivity contribution in [3.8, 4) is 0 Å². The largest absolute Gasteiger partial charge is 0.433 e. The third kappa shape index (κ3) is 3.44. The van der Waals surface area contributed by atoms with Gasteiger partial charge in [0.15, 0.2) is 10.9 Å². The summed E-state index contributed by atoms with van der Waals surface area (Å²) in [4.78, 5) is 11.5. The Kier molecular flexibility index (Phi) is 4.35. The van der Waals surface area contributed by atoms with Crippen molar-refractivity contribution in [1.82, 2.24) is 15.0 Å². The molecule has 3 aromatic heterocycles. The fourth-order valence-corrected chi connectivity index (χ4v) is 3.63. The lowest BCUT2D eigenvalue weighted by molar-refractivity contribution is -0.141. The summed E-state index contributed by atoms with van der Waals surface area (Å²) in [5, 5.41) is 1.32. The molecule has 1 atom stereocenters. The highest BCUT2D eigenvalue weighted by Crippen LogP contribution is 2.36. The highest BCUT2D eigenvalue weighted by Gasteiger charge is 2.33. The number of hydrogen-bond donors (Lipinski definition) is 1. The molecule has 126 valence electrons. The lowest BCUT2D eigenvalue weighted by atomic mass is 10.2. The van der Waals surface area contributed by atoms with Crippen LogP contribution in [0.4, 0.5) is 23.4 Å². The van der Waals surface area contributed by atoms with Crippen molar-refractivity contribution in [2.75, 3.05) is 5.73 Å². The zero-order valence-electron chi connectivity index (χ0n) is 12.1. The first kappa shape index (κ1) is 16.9. The number of anilines is 1. The number of rotatable bonds is 3. The SMILES string of the molecule is CC(Sc1nc(N)cc(C(F)(F)F)n1)c1cc2c(F)csc2cn1. The molecule has 0 saturated heterocycles. The van der Waals surface area contributed by atoms with Crippen LogP contribution in [0, 0.1) is 5.82 Å². The lowest BCUT2D eigenvalue weighted by Crippen LogP contribution is -2.11. The van der Waals surface area contributed by atoms with Crippen LogP contribution in [0.5, 0.6) is 0 Å². The topological polar surface area (TPSA) is 64.7 Å². The third-order valence-corrected chi connectivity index (χ3v) is 5.04. The van der Waals surface area contributed by atoms with E-state index in [0.29, 0.717) is 21.8 Å². The zero-order valence-corrected chi connectivity index (χ0v) is 13.8. The average Bonchev–Trinajstić information content (AvgIpc) is 2.86. The van der Waals surface area contributed by atoms with Gasteiger partial charge in [-0.2, -0.15) is 13.2 Å². The van der Waals surface area contributed by atoms with Gasteiger partial charge in [0.25, 0.3) is 0 Å². The fourth-order valence-electron chi connectivity index (χ4n) is 2.00. The van der Waals surface area contributed by atoms with Gasteiger partial charge in [0.2, 0.25) is 0 Å². The molecule has 0 amide bonds. The van der Waals surface area contributed by atoms with Crippen molar-refractivity contribution in [2.24, 2.45) is 0 Å². The molecule has 3 aromatic rings. The molecule has 10 heteroatoms. The van der Waals surface area contributed by atoms with E-state index in [0.717, 1.165) is 11.8 Å². The molecule has 0 saturated carbocycles. The Morgan fingerprint density at radius 1 is 1.25 bits per heavy atom. The Bertz CT molecular complexity index is 894. The van der Waals surface area contributed by atoms with E-state index in [1.165, 1.54) is 22.9 Å². The van der Waals surface area contributed by atoms with E-state index < -0.39 is 11.9 Å². The normalized spacial score (nSPS) is 13.4. The number of aromatic nitrogens is 3. The Morgan fingerprint density at radius 2 is 2.00 bits per heavy atom. The Labute approximate surface area is 142 Å². The molecule has 0 spiro atoms. The van der Waals surface area contributed by atoms with Crippen molar-refractivity contribution in [3.63, 3.8) is 0 Å². The molecule has 0 aliphatic heterocycles. The van der Waals surface area contributed by atoms with Gasteiger partial charge < -0.3 is 5.73 Å². The maximum absolute atomic E-state index is 13.7. The number of pyridine rings is 1. The summed E-state index contributed by atoms with van der Waals surface area (Å²) in [7, 11) is 0. The summed E-state index contributed by atoms with van der Waals surface area (Å²) >= 11 is 2.21. The van der Waals surface area contributed by atoms with Crippen LogP contribution in [-0.4, -0.2) is 15.0 Å². The second-order valence-corrected chi connectivity index (χ2v) is 7.13. The third-order valence-electron chi connectivity index (χ3n) is 3.15. The maximum atomic E-state index is 13.7. The van der Waals surface area contributed by atoms with E-state index in [1.807, 2.05) is 0 Å². The minimum atomic E-state index is -4.60. The second-order valence-electron chi connectivity index (χ2n) is 4.91. The van der Waals surface area contributed by atoms with Crippen molar-refractivity contribution in [2.45, 2.75) is 23.5 Å². The minimum absolute atomic E-state index is 0.109. The van der Waals surface area contributed by atoms with Gasteiger partial charge in [0.1, 0.15) is 11.6 Å². The summed E-state index contributed by atoms with van der Waals surface area (Å²) in [5.74, 6) is -0.616. The number of thiophene rings is 1. The number of nitrogens with zero attached hydrogens (tertiary/aromatic N) is 3. The number of nitrogens with two attached hydrogens (primary N) is 1. The number of thioether (sulfide) groups is 1. The van der Waals surface area contributed by atoms with E-state index >= 15 is 0 Å². The molecule has 0 aromatic carbocycles. The molecule has 1 unspecified atom stereocenters. The Balaban J connectivity index is 1.89. The summed E-state index contributed by atoms with van der Waals surface area (Å²) in [5.41, 5.74) is 4.84. The predicted octanol–water partition coefficient (Wildman–Crippen LogP) is 4.68. The predicted molar refractivity (Wildman–Crippen MR) is 85.3 cm³/mol. The van der Waals surface area contributed by atoms with E-state index in [1.54, 1.807) is 13.0 Å². The Morgan fingerprint density at radius 3 is 2.71 bits per heavy atom. The van der Waals surface area contributed by atoms with Gasteiger partial charge in [-0.15, -0.1) is 11.3 Å². The lowest BCUT2D eigenvalue weighted by Gasteiger charge is -2.12. The van der Waals surface area contributed by atoms with Crippen LogP contribution in [0.1, 0.15) is 23.6 Å². The molecule has 0 bridgehead atoms. The van der Waals surface area contributed by atoms with Crippen LogP contribution >= 0.6 is 23.1 Å². The molecule has 4 nitrogen and oxygen atoms in total. The standard InChI is InChI=1S/C14H10F4N4S2/c1-6(9-2-7-8(15)5-23-10(7)4-20-9)24-13-21-11(14(16,17)18)3-12(19)22-13/h2-6H,1H3,(H2,19,21,22). The highest BCUT2D eigenvalue weighted by molar-refractivity contribution is 7.99. The number of halogens is 4. The van der Waals surface area contributed by atoms with Crippen molar-refractivity contribution in [1.29, 1.82) is 0 Å². The van der Waals surface area contributed by atoms with E-state index in [2.05, 4.69) is 15.0 Å². The number of alkyl halides is 3. The molecule has 2 N–H and O–H groups in total. The molecular formula is C14H10F4N4S2. The fraction of sp³-hybridized carbons (Fsp3) is 0.214. The van der Waals surface area contributed by atoms with Crippen molar-refractivity contribution in [3.05, 3.63) is 40.9 Å². The minimum Gasteiger partial charge on any atom is -0.384 e. The Hall–Kier alpha value is -1.94. The number of nitrogen functional groups attached to an aromatic ring is 1. The van der Waals surface area contributed by atoms with E-state index in [9.17, 15) is 17.6 Å². The van der Waals surface area contributed by atoms with Gasteiger partial charge >= 0.3 is 6.18 Å². The first-order valence-electron chi connectivity index (χ1n) is 6.65. The monoisotopic (exact) mass is 374 g/mol. The molecule has 24 heavy (non-hydrogen) atoms. The number of fused-ring (bicyclic) bond motifs is 1. The van der Waals surface area contributed by atoms with Crippen LogP contribution < -0.4 is 5.73 Å². The van der Waals surface area contributed by atoms with Gasteiger partial charge in [-0.1, -0.05) is 11.8 Å². The molecule has 3 rings (SSSR count). The molecule has 0 aliphatic carbocycles. The molecule has 0 fully saturated rings. The van der Waals surface area contributed by atoms with Gasteiger partial charge in [0, 0.05) is 23.0 Å². The molecular weight excluding hydrogens is 364 g/mol. The summed E-state index contributed by atoms with van der Waals surface area (Å²) in [6.45, 7) is 1.73. The van der Waals surface area contributed by atoms with Gasteiger partial charge in [-0.3, -0.25) is 4.98 Å². The molecule has 0 radical (unpaired) electrons. The summed E-state index contributed by atoms with van der Waals surface area (Å²) in [6, 6.07) is 2.26.